The molecule has 1 aromatic rings. The van der Waals surface area contributed by atoms with Crippen LogP contribution in [-0.4, -0.2) is 0 Å². The second-order valence-corrected chi connectivity index (χ2v) is 2.48. The standard InChI is InChI=1S/C7H6ClN3/c1-5-3-2-4-6(7(5)8)10-11-9/h2-4H,1H3. The highest BCUT2D eigenvalue weighted by Gasteiger charge is 1.98. The van der Waals surface area contributed by atoms with Crippen molar-refractivity contribution >= 4 is 17.3 Å². The van der Waals surface area contributed by atoms with Crippen molar-refractivity contribution in [2.75, 3.05) is 0 Å². The lowest BCUT2D eigenvalue weighted by Gasteiger charge is -1.98. The Morgan fingerprint density at radius 3 is 2.91 bits per heavy atom. The van der Waals surface area contributed by atoms with Crippen LogP contribution in [0.4, 0.5) is 5.69 Å². The lowest BCUT2D eigenvalue weighted by atomic mass is 10.2. The first kappa shape index (κ1) is 7.92. The van der Waals surface area contributed by atoms with Crippen LogP contribution in [-0.2, 0) is 0 Å². The summed E-state index contributed by atoms with van der Waals surface area (Å²) in [6.45, 7) is 1.86. The number of halogens is 1. The van der Waals surface area contributed by atoms with Crippen molar-refractivity contribution in [2.45, 2.75) is 6.92 Å². The third-order valence-corrected chi connectivity index (χ3v) is 1.82. The van der Waals surface area contributed by atoms with E-state index >= 15 is 0 Å². The fraction of sp³-hybridized carbons (Fsp3) is 0.143. The number of azide groups is 1. The average Bonchev–Trinajstić information content (AvgIpc) is 1.99. The second-order valence-electron chi connectivity index (χ2n) is 2.10. The number of aryl methyl sites for hydroxylation is 1. The third-order valence-electron chi connectivity index (χ3n) is 1.32. The minimum Gasteiger partial charge on any atom is -0.0836 e. The van der Waals surface area contributed by atoms with E-state index in [-0.39, 0.29) is 0 Å². The van der Waals surface area contributed by atoms with Crippen molar-refractivity contribution in [3.8, 4) is 0 Å². The molecular formula is C7H6ClN3. The highest BCUT2D eigenvalue weighted by atomic mass is 35.5. The zero-order chi connectivity index (χ0) is 8.27. The molecule has 0 unspecified atom stereocenters. The van der Waals surface area contributed by atoms with Crippen LogP contribution >= 0.6 is 11.6 Å². The van der Waals surface area contributed by atoms with Crippen molar-refractivity contribution in [2.24, 2.45) is 5.11 Å². The van der Waals surface area contributed by atoms with Crippen molar-refractivity contribution in [1.29, 1.82) is 0 Å². The van der Waals surface area contributed by atoms with E-state index in [9.17, 15) is 0 Å². The van der Waals surface area contributed by atoms with Gasteiger partial charge in [-0.25, -0.2) is 0 Å². The molecule has 0 heterocycles. The van der Waals surface area contributed by atoms with E-state index in [0.29, 0.717) is 10.7 Å². The van der Waals surface area contributed by atoms with Crippen LogP contribution in [0, 0.1) is 6.92 Å². The second kappa shape index (κ2) is 3.28. The zero-order valence-corrected chi connectivity index (χ0v) is 6.71. The predicted octanol–water partition coefficient (Wildman–Crippen LogP) is 3.59. The van der Waals surface area contributed by atoms with Crippen LogP contribution in [0.3, 0.4) is 0 Å². The molecule has 0 aliphatic heterocycles. The Bertz CT molecular complexity index is 315. The molecule has 0 atom stereocenters. The topological polar surface area (TPSA) is 48.8 Å². The van der Waals surface area contributed by atoms with Gasteiger partial charge in [0, 0.05) is 4.91 Å². The molecule has 0 aliphatic rings. The van der Waals surface area contributed by atoms with Gasteiger partial charge >= 0.3 is 0 Å². The van der Waals surface area contributed by atoms with Gasteiger partial charge in [-0.05, 0) is 18.0 Å². The Balaban J connectivity index is 3.26. The van der Waals surface area contributed by atoms with E-state index in [4.69, 9.17) is 17.1 Å². The van der Waals surface area contributed by atoms with Crippen molar-refractivity contribution in [3.05, 3.63) is 39.2 Å². The minimum atomic E-state index is 0.481. The first-order valence-corrected chi connectivity index (χ1v) is 3.43. The van der Waals surface area contributed by atoms with Crippen LogP contribution in [0.25, 0.3) is 10.4 Å². The first-order valence-electron chi connectivity index (χ1n) is 3.06. The van der Waals surface area contributed by atoms with Gasteiger partial charge in [0.15, 0.2) is 0 Å². The molecule has 0 aromatic heterocycles. The normalized spacial score (nSPS) is 8.91. The Morgan fingerprint density at radius 2 is 2.27 bits per heavy atom. The van der Waals surface area contributed by atoms with E-state index in [1.54, 1.807) is 12.1 Å². The molecule has 0 aliphatic carbocycles. The van der Waals surface area contributed by atoms with E-state index < -0.39 is 0 Å². The smallest absolute Gasteiger partial charge is 0.0564 e. The number of hydrogen-bond donors (Lipinski definition) is 0. The number of nitrogens with zero attached hydrogens (tertiary/aromatic N) is 3. The number of rotatable bonds is 1. The fourth-order valence-corrected chi connectivity index (χ4v) is 0.921. The monoisotopic (exact) mass is 167 g/mol. The summed E-state index contributed by atoms with van der Waals surface area (Å²) in [7, 11) is 0. The highest BCUT2D eigenvalue weighted by molar-refractivity contribution is 6.33. The van der Waals surface area contributed by atoms with Crippen LogP contribution in [0.5, 0.6) is 0 Å². The summed E-state index contributed by atoms with van der Waals surface area (Å²) < 4.78 is 0. The van der Waals surface area contributed by atoms with Crippen LogP contribution in [0.1, 0.15) is 5.56 Å². The molecule has 1 rings (SSSR count). The highest BCUT2D eigenvalue weighted by Crippen LogP contribution is 2.27. The summed E-state index contributed by atoms with van der Waals surface area (Å²) >= 11 is 5.81. The van der Waals surface area contributed by atoms with Gasteiger partial charge in [0.05, 0.1) is 10.7 Å². The molecule has 1 aromatic carbocycles. The summed E-state index contributed by atoms with van der Waals surface area (Å²) in [6, 6.07) is 5.33. The van der Waals surface area contributed by atoms with Crippen LogP contribution in [0.15, 0.2) is 23.3 Å². The minimum absolute atomic E-state index is 0.481. The van der Waals surface area contributed by atoms with Crippen LogP contribution < -0.4 is 0 Å². The molecule has 0 fully saturated rings. The molecule has 0 bridgehead atoms. The molecule has 4 heteroatoms. The van der Waals surface area contributed by atoms with E-state index in [2.05, 4.69) is 10.0 Å². The van der Waals surface area contributed by atoms with Crippen molar-refractivity contribution in [1.82, 2.24) is 0 Å². The van der Waals surface area contributed by atoms with Crippen molar-refractivity contribution < 1.29 is 0 Å². The predicted molar refractivity (Wildman–Crippen MR) is 45.0 cm³/mol. The summed E-state index contributed by atoms with van der Waals surface area (Å²) in [5.74, 6) is 0. The van der Waals surface area contributed by atoms with Gasteiger partial charge < -0.3 is 0 Å². The summed E-state index contributed by atoms with van der Waals surface area (Å²) in [6.07, 6.45) is 0. The Morgan fingerprint density at radius 1 is 1.55 bits per heavy atom. The van der Waals surface area contributed by atoms with E-state index in [1.807, 2.05) is 13.0 Å². The number of benzene rings is 1. The maximum absolute atomic E-state index is 8.13. The van der Waals surface area contributed by atoms with Gasteiger partial charge in [0.25, 0.3) is 0 Å². The summed E-state index contributed by atoms with van der Waals surface area (Å²) in [4.78, 5) is 2.65. The van der Waals surface area contributed by atoms with Gasteiger partial charge in [0.2, 0.25) is 0 Å². The maximum atomic E-state index is 8.13. The molecule has 0 saturated heterocycles. The van der Waals surface area contributed by atoms with Gasteiger partial charge in [0.1, 0.15) is 0 Å². The Labute approximate surface area is 69.2 Å². The quantitative estimate of drug-likeness (QED) is 0.349. The summed E-state index contributed by atoms with van der Waals surface area (Å²) in [5.41, 5.74) is 9.53. The lowest BCUT2D eigenvalue weighted by molar-refractivity contribution is 1.41. The van der Waals surface area contributed by atoms with Crippen LogP contribution in [0.2, 0.25) is 5.02 Å². The molecular weight excluding hydrogens is 162 g/mol. The van der Waals surface area contributed by atoms with Gasteiger partial charge in [-0.2, -0.15) is 0 Å². The molecule has 11 heavy (non-hydrogen) atoms. The molecule has 0 radical (unpaired) electrons. The molecule has 0 amide bonds. The lowest BCUT2D eigenvalue weighted by Crippen LogP contribution is -1.72. The first-order chi connectivity index (χ1) is 5.25. The molecule has 0 N–H and O–H groups in total. The van der Waals surface area contributed by atoms with Crippen molar-refractivity contribution in [3.63, 3.8) is 0 Å². The van der Waals surface area contributed by atoms with E-state index in [1.165, 1.54) is 0 Å². The molecule has 56 valence electrons. The largest absolute Gasteiger partial charge is 0.0836 e. The Kier molecular flexibility index (Phi) is 2.36. The van der Waals surface area contributed by atoms with Gasteiger partial charge in [-0.3, -0.25) is 0 Å². The Hall–Kier alpha value is -1.18. The van der Waals surface area contributed by atoms with Gasteiger partial charge in [-0.1, -0.05) is 34.9 Å². The fourth-order valence-electron chi connectivity index (χ4n) is 0.757. The SMILES string of the molecule is Cc1cccc(N=[N+]=[N-])c1Cl. The summed E-state index contributed by atoms with van der Waals surface area (Å²) in [5, 5.41) is 3.93. The number of hydrogen-bond acceptors (Lipinski definition) is 1. The van der Waals surface area contributed by atoms with E-state index in [0.717, 1.165) is 5.56 Å². The maximum Gasteiger partial charge on any atom is 0.0564 e. The molecule has 0 spiro atoms. The molecule has 0 saturated carbocycles. The van der Waals surface area contributed by atoms with Gasteiger partial charge in [-0.15, -0.1) is 0 Å². The average molecular weight is 168 g/mol. The zero-order valence-electron chi connectivity index (χ0n) is 5.95. The third kappa shape index (κ3) is 1.64. The molecule has 3 nitrogen and oxygen atoms in total.